The van der Waals surface area contributed by atoms with Crippen molar-refractivity contribution in [3.05, 3.63) is 21.3 Å². The standard InChI is InChI=1S/C12H18ClNS2/c1-15-12(4-2-3-5-12)9-14-7-11-6-10(13)8-16-11/h6,8,14H,2-5,7,9H2,1H3. The number of hydrogen-bond acceptors (Lipinski definition) is 3. The highest BCUT2D eigenvalue weighted by molar-refractivity contribution is 8.00. The summed E-state index contributed by atoms with van der Waals surface area (Å²) in [6.45, 7) is 2.09. The summed E-state index contributed by atoms with van der Waals surface area (Å²) in [6.07, 6.45) is 7.77. The second-order valence-corrected chi connectivity index (χ2v) is 7.14. The summed E-state index contributed by atoms with van der Waals surface area (Å²) in [5.41, 5.74) is 0. The largest absolute Gasteiger partial charge is 0.310 e. The molecule has 90 valence electrons. The predicted octanol–water partition coefficient (Wildman–Crippen LogP) is 4.17. The molecule has 0 unspecified atom stereocenters. The Morgan fingerprint density at radius 3 is 2.81 bits per heavy atom. The van der Waals surface area contributed by atoms with Gasteiger partial charge in [0.2, 0.25) is 0 Å². The Morgan fingerprint density at radius 2 is 2.25 bits per heavy atom. The highest BCUT2D eigenvalue weighted by atomic mass is 35.5. The first kappa shape index (κ1) is 12.7. The second kappa shape index (κ2) is 5.76. The average molecular weight is 276 g/mol. The molecule has 2 rings (SSSR count). The number of nitrogens with one attached hydrogen (secondary N) is 1. The quantitative estimate of drug-likeness (QED) is 0.866. The van der Waals surface area contributed by atoms with Gasteiger partial charge in [0.05, 0.1) is 5.02 Å². The summed E-state index contributed by atoms with van der Waals surface area (Å²) in [7, 11) is 0. The Bertz CT molecular complexity index is 332. The molecule has 0 aromatic carbocycles. The summed E-state index contributed by atoms with van der Waals surface area (Å²) in [5, 5.41) is 6.44. The Morgan fingerprint density at radius 1 is 1.50 bits per heavy atom. The van der Waals surface area contributed by atoms with E-state index in [2.05, 4.69) is 17.6 Å². The molecule has 0 bridgehead atoms. The molecule has 1 fully saturated rings. The van der Waals surface area contributed by atoms with Gasteiger partial charge in [-0.2, -0.15) is 11.8 Å². The zero-order valence-corrected chi connectivity index (χ0v) is 12.0. The normalized spacial score (nSPS) is 19.1. The third-order valence-corrected chi connectivity index (χ3v) is 6.02. The fraction of sp³-hybridized carbons (Fsp3) is 0.667. The third-order valence-electron chi connectivity index (χ3n) is 3.32. The lowest BCUT2D eigenvalue weighted by Crippen LogP contribution is -2.34. The van der Waals surface area contributed by atoms with E-state index in [1.165, 1.54) is 30.6 Å². The SMILES string of the molecule is CSC1(CNCc2cc(Cl)cs2)CCCC1. The summed E-state index contributed by atoms with van der Waals surface area (Å²) in [4.78, 5) is 1.33. The molecule has 0 atom stereocenters. The predicted molar refractivity (Wildman–Crippen MR) is 75.7 cm³/mol. The Kier molecular flexibility index (Phi) is 4.59. The maximum absolute atomic E-state index is 5.90. The Hall–Kier alpha value is 0.300. The molecule has 0 radical (unpaired) electrons. The summed E-state index contributed by atoms with van der Waals surface area (Å²) in [6, 6.07) is 2.06. The van der Waals surface area contributed by atoms with Crippen LogP contribution >= 0.6 is 34.7 Å². The van der Waals surface area contributed by atoms with Crippen LogP contribution in [0.5, 0.6) is 0 Å². The van der Waals surface area contributed by atoms with Gasteiger partial charge in [0.1, 0.15) is 0 Å². The van der Waals surface area contributed by atoms with E-state index >= 15 is 0 Å². The first-order valence-electron chi connectivity index (χ1n) is 5.73. The molecule has 0 saturated heterocycles. The molecule has 4 heteroatoms. The molecule has 1 heterocycles. The second-order valence-electron chi connectivity index (χ2n) is 4.43. The van der Waals surface area contributed by atoms with Gasteiger partial charge >= 0.3 is 0 Å². The van der Waals surface area contributed by atoms with E-state index in [4.69, 9.17) is 11.6 Å². The van der Waals surface area contributed by atoms with Gasteiger partial charge in [-0.15, -0.1) is 11.3 Å². The lowest BCUT2D eigenvalue weighted by molar-refractivity contribution is 0.536. The van der Waals surface area contributed by atoms with Crippen molar-refractivity contribution in [2.45, 2.75) is 37.0 Å². The fourth-order valence-electron chi connectivity index (χ4n) is 2.33. The van der Waals surface area contributed by atoms with Crippen molar-refractivity contribution in [2.24, 2.45) is 0 Å². The van der Waals surface area contributed by atoms with Crippen molar-refractivity contribution in [3.63, 3.8) is 0 Å². The van der Waals surface area contributed by atoms with Gasteiger partial charge in [-0.05, 0) is 25.2 Å². The lowest BCUT2D eigenvalue weighted by Gasteiger charge is -2.26. The molecule has 1 aliphatic carbocycles. The highest BCUT2D eigenvalue weighted by Crippen LogP contribution is 2.39. The van der Waals surface area contributed by atoms with E-state index in [0.29, 0.717) is 4.75 Å². The van der Waals surface area contributed by atoms with Gasteiger partial charge < -0.3 is 5.32 Å². The average Bonchev–Trinajstić information content (AvgIpc) is 2.89. The van der Waals surface area contributed by atoms with E-state index in [0.717, 1.165) is 18.1 Å². The zero-order valence-electron chi connectivity index (χ0n) is 9.59. The molecule has 0 amide bonds. The zero-order chi connectivity index (χ0) is 11.4. The maximum atomic E-state index is 5.90. The molecule has 0 aliphatic heterocycles. The third kappa shape index (κ3) is 3.16. The maximum Gasteiger partial charge on any atom is 0.0516 e. The topological polar surface area (TPSA) is 12.0 Å². The molecule has 1 aromatic heterocycles. The van der Waals surface area contributed by atoms with E-state index < -0.39 is 0 Å². The first-order chi connectivity index (χ1) is 7.74. The monoisotopic (exact) mass is 275 g/mol. The van der Waals surface area contributed by atoms with Crippen LogP contribution in [0.25, 0.3) is 0 Å². The number of rotatable bonds is 5. The fourth-order valence-corrected chi connectivity index (χ4v) is 4.32. The van der Waals surface area contributed by atoms with Gasteiger partial charge in [-0.25, -0.2) is 0 Å². The number of hydrogen-bond donors (Lipinski definition) is 1. The van der Waals surface area contributed by atoms with Crippen LogP contribution in [0.1, 0.15) is 30.6 Å². The lowest BCUT2D eigenvalue weighted by atomic mass is 10.1. The Labute approximate surface area is 111 Å². The van der Waals surface area contributed by atoms with Crippen LogP contribution in [-0.2, 0) is 6.54 Å². The smallest absolute Gasteiger partial charge is 0.0516 e. The van der Waals surface area contributed by atoms with Gasteiger partial charge in [0, 0.05) is 28.1 Å². The summed E-state index contributed by atoms with van der Waals surface area (Å²) < 4.78 is 0.501. The minimum atomic E-state index is 0.501. The molecule has 1 saturated carbocycles. The van der Waals surface area contributed by atoms with E-state index in [-0.39, 0.29) is 0 Å². The van der Waals surface area contributed by atoms with Crippen LogP contribution < -0.4 is 5.32 Å². The van der Waals surface area contributed by atoms with E-state index in [1.54, 1.807) is 11.3 Å². The molecule has 0 spiro atoms. The van der Waals surface area contributed by atoms with Crippen LogP contribution in [0.3, 0.4) is 0 Å². The minimum Gasteiger partial charge on any atom is -0.310 e. The molecule has 16 heavy (non-hydrogen) atoms. The molecular formula is C12H18ClNS2. The van der Waals surface area contributed by atoms with E-state index in [9.17, 15) is 0 Å². The van der Waals surface area contributed by atoms with Crippen molar-refractivity contribution < 1.29 is 0 Å². The van der Waals surface area contributed by atoms with Gasteiger partial charge in [-0.3, -0.25) is 0 Å². The highest BCUT2D eigenvalue weighted by Gasteiger charge is 2.32. The molecule has 1 aliphatic rings. The van der Waals surface area contributed by atoms with Crippen LogP contribution in [0.2, 0.25) is 5.02 Å². The minimum absolute atomic E-state index is 0.501. The van der Waals surface area contributed by atoms with Crippen molar-refractivity contribution in [2.75, 3.05) is 12.8 Å². The first-order valence-corrected chi connectivity index (χ1v) is 8.21. The summed E-state index contributed by atoms with van der Waals surface area (Å²) >= 11 is 9.67. The van der Waals surface area contributed by atoms with Gasteiger partial charge in [0.25, 0.3) is 0 Å². The molecule has 1 aromatic rings. The number of thiophene rings is 1. The number of halogens is 1. The van der Waals surface area contributed by atoms with Crippen molar-refractivity contribution in [1.29, 1.82) is 0 Å². The van der Waals surface area contributed by atoms with Crippen molar-refractivity contribution >= 4 is 34.7 Å². The van der Waals surface area contributed by atoms with E-state index in [1.807, 2.05) is 17.1 Å². The van der Waals surface area contributed by atoms with Crippen molar-refractivity contribution in [1.82, 2.24) is 5.32 Å². The van der Waals surface area contributed by atoms with Crippen LogP contribution in [-0.4, -0.2) is 17.5 Å². The Balaban J connectivity index is 1.78. The number of thioether (sulfide) groups is 1. The van der Waals surface area contributed by atoms with Gasteiger partial charge in [-0.1, -0.05) is 24.4 Å². The van der Waals surface area contributed by atoms with Crippen LogP contribution in [0, 0.1) is 0 Å². The van der Waals surface area contributed by atoms with Crippen molar-refractivity contribution in [3.8, 4) is 0 Å². The molecule has 1 nitrogen and oxygen atoms in total. The summed E-state index contributed by atoms with van der Waals surface area (Å²) in [5.74, 6) is 0. The molecule has 1 N–H and O–H groups in total. The van der Waals surface area contributed by atoms with Gasteiger partial charge in [0.15, 0.2) is 0 Å². The van der Waals surface area contributed by atoms with Crippen LogP contribution in [0.15, 0.2) is 11.4 Å². The molecular weight excluding hydrogens is 258 g/mol. The van der Waals surface area contributed by atoms with Crippen LogP contribution in [0.4, 0.5) is 0 Å².